The van der Waals surface area contributed by atoms with Crippen LogP contribution in [0.25, 0.3) is 0 Å². The van der Waals surface area contributed by atoms with Crippen LogP contribution < -0.4 is 15.5 Å². The zero-order valence-corrected chi connectivity index (χ0v) is 11.3. The standard InChI is InChI=1S/C14H18N4O2/c15-5-6-16-14(19)11-17-12-1-3-13(4-2-12)18-7-9-20-10-8-18/h1-4,17H,6-11H2,(H,16,19). The van der Waals surface area contributed by atoms with Gasteiger partial charge in [0.15, 0.2) is 0 Å². The number of anilines is 2. The fourth-order valence-corrected chi connectivity index (χ4v) is 1.99. The van der Waals surface area contributed by atoms with Crippen LogP contribution in [0.15, 0.2) is 24.3 Å². The molecule has 106 valence electrons. The number of rotatable bonds is 5. The maximum absolute atomic E-state index is 11.3. The van der Waals surface area contributed by atoms with Crippen molar-refractivity contribution >= 4 is 17.3 Å². The second-order valence-corrected chi connectivity index (χ2v) is 4.43. The number of carbonyl (C=O) groups is 1. The summed E-state index contributed by atoms with van der Waals surface area (Å²) in [6.45, 7) is 3.54. The van der Waals surface area contributed by atoms with E-state index in [9.17, 15) is 4.79 Å². The quantitative estimate of drug-likeness (QED) is 0.768. The lowest BCUT2D eigenvalue weighted by molar-refractivity contribution is -0.119. The highest BCUT2D eigenvalue weighted by Gasteiger charge is 2.10. The highest BCUT2D eigenvalue weighted by atomic mass is 16.5. The number of nitriles is 1. The molecule has 1 amide bonds. The molecule has 0 bridgehead atoms. The molecule has 2 N–H and O–H groups in total. The Labute approximate surface area is 118 Å². The van der Waals surface area contributed by atoms with Gasteiger partial charge in [-0.2, -0.15) is 5.26 Å². The van der Waals surface area contributed by atoms with Crippen molar-refractivity contribution in [3.05, 3.63) is 24.3 Å². The van der Waals surface area contributed by atoms with E-state index in [0.29, 0.717) is 0 Å². The number of amides is 1. The second-order valence-electron chi connectivity index (χ2n) is 4.43. The molecule has 6 nitrogen and oxygen atoms in total. The number of benzene rings is 1. The van der Waals surface area contributed by atoms with Crippen molar-refractivity contribution in [2.45, 2.75) is 0 Å². The van der Waals surface area contributed by atoms with Crippen molar-refractivity contribution in [2.75, 3.05) is 49.6 Å². The van der Waals surface area contributed by atoms with Gasteiger partial charge in [0, 0.05) is 24.5 Å². The lowest BCUT2D eigenvalue weighted by Crippen LogP contribution is -2.36. The normalized spacial score (nSPS) is 14.4. The first kappa shape index (κ1) is 14.2. The fourth-order valence-electron chi connectivity index (χ4n) is 1.99. The van der Waals surface area contributed by atoms with E-state index in [-0.39, 0.29) is 19.0 Å². The zero-order valence-electron chi connectivity index (χ0n) is 11.3. The van der Waals surface area contributed by atoms with Crippen LogP contribution in [0.5, 0.6) is 0 Å². The van der Waals surface area contributed by atoms with Crippen molar-refractivity contribution in [3.63, 3.8) is 0 Å². The maximum atomic E-state index is 11.3. The van der Waals surface area contributed by atoms with Crippen LogP contribution in [0, 0.1) is 11.3 Å². The lowest BCUT2D eigenvalue weighted by Gasteiger charge is -2.28. The minimum absolute atomic E-state index is 0.0382. The number of hydrogen-bond donors (Lipinski definition) is 2. The summed E-state index contributed by atoms with van der Waals surface area (Å²) < 4.78 is 5.32. The Hall–Kier alpha value is -2.26. The van der Waals surface area contributed by atoms with Gasteiger partial charge in [0.1, 0.15) is 6.54 Å². The Kier molecular flexibility index (Phi) is 5.21. The average Bonchev–Trinajstić information content (AvgIpc) is 2.52. The molecule has 0 aliphatic carbocycles. The van der Waals surface area contributed by atoms with Crippen LogP contribution in [-0.2, 0) is 9.53 Å². The molecule has 1 aromatic rings. The zero-order chi connectivity index (χ0) is 14.2. The Bertz CT molecular complexity index is 475. The molecule has 6 heteroatoms. The Morgan fingerprint density at radius 1 is 1.30 bits per heavy atom. The molecule has 1 aromatic carbocycles. The number of carbonyl (C=O) groups excluding carboxylic acids is 1. The number of ether oxygens (including phenoxy) is 1. The summed E-state index contributed by atoms with van der Waals surface area (Å²) in [4.78, 5) is 13.6. The molecule has 0 saturated carbocycles. The molecular weight excluding hydrogens is 256 g/mol. The number of morpholine rings is 1. The van der Waals surface area contributed by atoms with Gasteiger partial charge in [0.05, 0.1) is 25.8 Å². The third kappa shape index (κ3) is 4.14. The highest BCUT2D eigenvalue weighted by Crippen LogP contribution is 2.18. The van der Waals surface area contributed by atoms with Crippen molar-refractivity contribution in [1.82, 2.24) is 5.32 Å². The summed E-state index contributed by atoms with van der Waals surface area (Å²) in [7, 11) is 0. The van der Waals surface area contributed by atoms with Gasteiger partial charge in [-0.1, -0.05) is 0 Å². The van der Waals surface area contributed by atoms with Crippen LogP contribution >= 0.6 is 0 Å². The molecule has 1 fully saturated rings. The fraction of sp³-hybridized carbons (Fsp3) is 0.429. The maximum Gasteiger partial charge on any atom is 0.240 e. The molecule has 1 saturated heterocycles. The molecule has 20 heavy (non-hydrogen) atoms. The van der Waals surface area contributed by atoms with Crippen LogP contribution in [0.3, 0.4) is 0 Å². The second kappa shape index (κ2) is 7.36. The number of nitrogens with one attached hydrogen (secondary N) is 2. The van der Waals surface area contributed by atoms with Gasteiger partial charge in [0.25, 0.3) is 0 Å². The van der Waals surface area contributed by atoms with E-state index in [1.165, 1.54) is 0 Å². The number of nitrogens with zero attached hydrogens (tertiary/aromatic N) is 2. The third-order valence-corrected chi connectivity index (χ3v) is 3.06. The summed E-state index contributed by atoms with van der Waals surface area (Å²) in [5, 5.41) is 13.9. The monoisotopic (exact) mass is 274 g/mol. The van der Waals surface area contributed by atoms with E-state index in [0.717, 1.165) is 37.7 Å². The smallest absolute Gasteiger partial charge is 0.240 e. The molecule has 0 radical (unpaired) electrons. The Balaban J connectivity index is 1.82. The van der Waals surface area contributed by atoms with Gasteiger partial charge in [0.2, 0.25) is 5.91 Å². The predicted molar refractivity (Wildman–Crippen MR) is 76.6 cm³/mol. The molecule has 0 atom stereocenters. The first-order valence-corrected chi connectivity index (χ1v) is 6.60. The van der Waals surface area contributed by atoms with Gasteiger partial charge in [-0.15, -0.1) is 0 Å². The first-order valence-electron chi connectivity index (χ1n) is 6.60. The predicted octanol–water partition coefficient (Wildman–Crippen LogP) is 0.575. The van der Waals surface area contributed by atoms with E-state index < -0.39 is 0 Å². The van der Waals surface area contributed by atoms with E-state index >= 15 is 0 Å². The summed E-state index contributed by atoms with van der Waals surface area (Å²) in [6, 6.07) is 9.82. The molecule has 0 aromatic heterocycles. The number of hydrogen-bond acceptors (Lipinski definition) is 5. The average molecular weight is 274 g/mol. The van der Waals surface area contributed by atoms with Crippen LogP contribution in [0.1, 0.15) is 0 Å². The van der Waals surface area contributed by atoms with Crippen LogP contribution in [0.4, 0.5) is 11.4 Å². The first-order chi connectivity index (χ1) is 9.79. The molecular formula is C14H18N4O2. The van der Waals surface area contributed by atoms with Crippen LogP contribution in [0.2, 0.25) is 0 Å². The minimum Gasteiger partial charge on any atom is -0.378 e. The minimum atomic E-state index is -0.191. The summed E-state index contributed by atoms with van der Waals surface area (Å²) in [5.74, 6) is -0.191. The summed E-state index contributed by atoms with van der Waals surface area (Å²) in [5.41, 5.74) is 2.04. The van der Waals surface area contributed by atoms with Crippen molar-refractivity contribution in [3.8, 4) is 6.07 Å². The van der Waals surface area contributed by atoms with E-state index in [4.69, 9.17) is 10.00 Å². The Morgan fingerprint density at radius 2 is 2.00 bits per heavy atom. The Morgan fingerprint density at radius 3 is 2.65 bits per heavy atom. The van der Waals surface area contributed by atoms with Crippen molar-refractivity contribution in [2.24, 2.45) is 0 Å². The van der Waals surface area contributed by atoms with Crippen molar-refractivity contribution in [1.29, 1.82) is 5.26 Å². The third-order valence-electron chi connectivity index (χ3n) is 3.06. The molecule has 0 unspecified atom stereocenters. The largest absolute Gasteiger partial charge is 0.378 e. The van der Waals surface area contributed by atoms with Gasteiger partial charge in [-0.05, 0) is 24.3 Å². The van der Waals surface area contributed by atoms with E-state index in [1.807, 2.05) is 30.3 Å². The lowest BCUT2D eigenvalue weighted by atomic mass is 10.2. The highest BCUT2D eigenvalue weighted by molar-refractivity contribution is 5.80. The molecule has 1 heterocycles. The van der Waals surface area contributed by atoms with Gasteiger partial charge in [-0.25, -0.2) is 0 Å². The van der Waals surface area contributed by atoms with Gasteiger partial charge >= 0.3 is 0 Å². The SMILES string of the molecule is N#CCNC(=O)CNc1ccc(N2CCOCC2)cc1. The summed E-state index contributed by atoms with van der Waals surface area (Å²) in [6.07, 6.45) is 0. The summed E-state index contributed by atoms with van der Waals surface area (Å²) >= 11 is 0. The molecule has 0 spiro atoms. The van der Waals surface area contributed by atoms with Gasteiger partial charge < -0.3 is 20.3 Å². The van der Waals surface area contributed by atoms with E-state index in [2.05, 4.69) is 15.5 Å². The van der Waals surface area contributed by atoms with Gasteiger partial charge in [-0.3, -0.25) is 4.79 Å². The van der Waals surface area contributed by atoms with Crippen LogP contribution in [-0.4, -0.2) is 45.3 Å². The topological polar surface area (TPSA) is 77.4 Å². The molecule has 1 aliphatic heterocycles. The van der Waals surface area contributed by atoms with E-state index in [1.54, 1.807) is 0 Å². The molecule has 2 rings (SSSR count). The van der Waals surface area contributed by atoms with Crippen molar-refractivity contribution < 1.29 is 9.53 Å². The molecule has 1 aliphatic rings.